The van der Waals surface area contributed by atoms with E-state index in [2.05, 4.69) is 18.3 Å². The van der Waals surface area contributed by atoms with Gasteiger partial charge in [-0.05, 0) is 39.2 Å². The van der Waals surface area contributed by atoms with Crippen molar-refractivity contribution in [1.82, 2.24) is 15.2 Å². The number of aromatic nitrogens is 1. The Morgan fingerprint density at radius 2 is 1.97 bits per heavy atom. The van der Waals surface area contributed by atoms with Crippen LogP contribution in [0.4, 0.5) is 5.82 Å². The van der Waals surface area contributed by atoms with Gasteiger partial charge in [0.05, 0.1) is 23.9 Å². The minimum atomic E-state index is -0.713. The first-order chi connectivity index (χ1) is 15.7. The maximum atomic E-state index is 12.4. The number of nitriles is 1. The highest BCUT2D eigenvalue weighted by atomic mass is 16.5. The monoisotopic (exact) mass is 457 g/mol. The van der Waals surface area contributed by atoms with Gasteiger partial charge in [0.15, 0.2) is 0 Å². The maximum absolute atomic E-state index is 12.4. The smallest absolute Gasteiger partial charge is 0.312 e. The second-order valence-electron chi connectivity index (χ2n) is 9.49. The molecule has 1 atom stereocenters. The summed E-state index contributed by atoms with van der Waals surface area (Å²) in [5, 5.41) is 21.8. The maximum Gasteiger partial charge on any atom is 0.312 e. The normalized spacial score (nSPS) is 18.3. The van der Waals surface area contributed by atoms with Crippen molar-refractivity contribution in [3.05, 3.63) is 22.4 Å². The third-order valence-electron chi connectivity index (χ3n) is 6.19. The summed E-state index contributed by atoms with van der Waals surface area (Å²) in [6, 6.07) is 2.39. The number of rotatable bonds is 6. The molecule has 180 valence electrons. The van der Waals surface area contributed by atoms with Gasteiger partial charge in [0.2, 0.25) is 0 Å². The van der Waals surface area contributed by atoms with Gasteiger partial charge in [0.25, 0.3) is 0 Å². The van der Waals surface area contributed by atoms with E-state index >= 15 is 0 Å². The van der Waals surface area contributed by atoms with E-state index in [1.54, 1.807) is 6.92 Å². The second-order valence-corrected chi connectivity index (χ2v) is 9.49. The van der Waals surface area contributed by atoms with Crippen molar-refractivity contribution in [2.45, 2.75) is 71.7 Å². The molecular weight excluding hydrogens is 422 g/mol. The van der Waals surface area contributed by atoms with E-state index < -0.39 is 17.9 Å². The molecule has 1 aromatic rings. The largest absolute Gasteiger partial charge is 0.392 e. The minimum absolute atomic E-state index is 0.0374. The Hall–Kier alpha value is -2.70. The third kappa shape index (κ3) is 5.81. The average Bonchev–Trinajstić information content (AvgIpc) is 2.79. The van der Waals surface area contributed by atoms with Crippen LogP contribution < -0.4 is 10.2 Å². The lowest BCUT2D eigenvalue weighted by Gasteiger charge is -2.38. The molecule has 2 N–H and O–H groups in total. The van der Waals surface area contributed by atoms with Crippen LogP contribution in [0.3, 0.4) is 0 Å². The molecule has 0 spiro atoms. The van der Waals surface area contributed by atoms with Crippen molar-refractivity contribution >= 4 is 17.6 Å². The second kappa shape index (κ2) is 10.5. The van der Waals surface area contributed by atoms with Crippen molar-refractivity contribution in [3.8, 4) is 6.07 Å². The number of ether oxygens (including phenoxy) is 1. The number of unbranched alkanes of at least 4 members (excludes halogenated alkanes) is 1. The Balaban J connectivity index is 1.81. The van der Waals surface area contributed by atoms with Gasteiger partial charge in [-0.15, -0.1) is 0 Å². The number of aliphatic hydroxyl groups is 1. The van der Waals surface area contributed by atoms with Gasteiger partial charge in [0.1, 0.15) is 11.9 Å². The molecule has 0 radical (unpaired) electrons. The van der Waals surface area contributed by atoms with E-state index in [4.69, 9.17) is 9.72 Å². The van der Waals surface area contributed by atoms with Gasteiger partial charge >= 0.3 is 11.8 Å². The van der Waals surface area contributed by atoms with Crippen molar-refractivity contribution in [1.29, 1.82) is 5.26 Å². The number of amides is 2. The van der Waals surface area contributed by atoms with E-state index in [1.165, 1.54) is 4.90 Å². The molecular formula is C24H35N5O4. The Labute approximate surface area is 195 Å². The Morgan fingerprint density at radius 3 is 2.58 bits per heavy atom. The number of aryl methyl sites for hydroxylation is 1. The molecule has 3 rings (SSSR count). The Morgan fingerprint density at radius 1 is 1.27 bits per heavy atom. The number of fused-ring (bicyclic) bond motifs is 1. The van der Waals surface area contributed by atoms with Crippen molar-refractivity contribution in [2.24, 2.45) is 0 Å². The molecule has 0 bridgehead atoms. The van der Waals surface area contributed by atoms with E-state index in [0.717, 1.165) is 36.1 Å². The summed E-state index contributed by atoms with van der Waals surface area (Å²) in [7, 11) is 0. The first kappa shape index (κ1) is 24.9. The minimum Gasteiger partial charge on any atom is -0.392 e. The highest BCUT2D eigenvalue weighted by molar-refractivity contribution is 6.35. The molecule has 1 fully saturated rings. The fraction of sp³-hybridized carbons (Fsp3) is 0.667. The van der Waals surface area contributed by atoms with Crippen LogP contribution in [0.25, 0.3) is 0 Å². The van der Waals surface area contributed by atoms with Gasteiger partial charge in [-0.1, -0.05) is 13.3 Å². The molecule has 0 unspecified atom stereocenters. The summed E-state index contributed by atoms with van der Waals surface area (Å²) in [5.74, 6) is -0.638. The van der Waals surface area contributed by atoms with E-state index in [1.807, 2.05) is 18.7 Å². The lowest BCUT2D eigenvalue weighted by atomic mass is 9.87. The van der Waals surface area contributed by atoms with E-state index in [9.17, 15) is 20.0 Å². The van der Waals surface area contributed by atoms with Crippen LogP contribution in [0, 0.1) is 11.3 Å². The van der Waals surface area contributed by atoms with Gasteiger partial charge in [-0.2, -0.15) is 5.26 Å². The molecule has 9 heteroatoms. The standard InChI is InChI=1S/C24H35N5O4/c1-5-6-7-20-19-15-33-24(3,4)12-17(19)18(13-25)21(27-20)28-8-10-29(11-9-28)23(32)22(31)26-14-16(2)30/h16,30H,5-12,14-15H2,1-4H3,(H,26,31)/t16-/m0/s1. The fourth-order valence-corrected chi connectivity index (χ4v) is 4.30. The first-order valence-electron chi connectivity index (χ1n) is 11.8. The van der Waals surface area contributed by atoms with Crippen molar-refractivity contribution in [2.75, 3.05) is 37.6 Å². The zero-order chi connectivity index (χ0) is 24.2. The van der Waals surface area contributed by atoms with Crippen molar-refractivity contribution < 1.29 is 19.4 Å². The SMILES string of the molecule is CCCCc1nc(N2CCN(C(=O)C(=O)NC[C@H](C)O)CC2)c(C#N)c2c1COC(C)(C)C2. The molecule has 0 aromatic carbocycles. The zero-order valence-electron chi connectivity index (χ0n) is 20.1. The molecule has 2 aliphatic rings. The number of hydrogen-bond donors (Lipinski definition) is 2. The molecule has 33 heavy (non-hydrogen) atoms. The Kier molecular flexibility index (Phi) is 7.92. The van der Waals surface area contributed by atoms with E-state index in [0.29, 0.717) is 50.6 Å². The summed E-state index contributed by atoms with van der Waals surface area (Å²) in [4.78, 5) is 33.0. The predicted octanol–water partition coefficient (Wildman–Crippen LogP) is 1.29. The number of aliphatic hydroxyl groups excluding tert-OH is 1. The zero-order valence-corrected chi connectivity index (χ0v) is 20.1. The number of nitrogens with one attached hydrogen (secondary N) is 1. The van der Waals surface area contributed by atoms with Crippen LogP contribution in [0.5, 0.6) is 0 Å². The number of anilines is 1. The number of carbonyl (C=O) groups excluding carboxylic acids is 2. The lowest BCUT2D eigenvalue weighted by Crippen LogP contribution is -2.53. The van der Waals surface area contributed by atoms with Crippen LogP contribution in [-0.4, -0.2) is 71.2 Å². The summed E-state index contributed by atoms with van der Waals surface area (Å²) in [6.45, 7) is 9.97. The van der Waals surface area contributed by atoms with Gasteiger partial charge < -0.3 is 25.0 Å². The number of nitrogens with zero attached hydrogens (tertiary/aromatic N) is 4. The summed E-state index contributed by atoms with van der Waals surface area (Å²) in [5.41, 5.74) is 3.32. The number of piperazine rings is 1. The fourth-order valence-electron chi connectivity index (χ4n) is 4.30. The highest BCUT2D eigenvalue weighted by Gasteiger charge is 2.34. The van der Waals surface area contributed by atoms with Crippen molar-refractivity contribution in [3.63, 3.8) is 0 Å². The highest BCUT2D eigenvalue weighted by Crippen LogP contribution is 2.36. The van der Waals surface area contributed by atoms with Gasteiger partial charge in [-0.3, -0.25) is 9.59 Å². The van der Waals surface area contributed by atoms with Crippen LogP contribution in [0.2, 0.25) is 0 Å². The predicted molar refractivity (Wildman–Crippen MR) is 124 cm³/mol. The van der Waals surface area contributed by atoms with Crippen LogP contribution in [-0.2, 0) is 33.8 Å². The van der Waals surface area contributed by atoms with Crippen LogP contribution in [0.15, 0.2) is 0 Å². The lowest BCUT2D eigenvalue weighted by molar-refractivity contribution is -0.146. The van der Waals surface area contributed by atoms with E-state index in [-0.39, 0.29) is 12.1 Å². The quantitative estimate of drug-likeness (QED) is 0.618. The molecule has 1 saturated heterocycles. The number of carbonyl (C=O) groups is 2. The third-order valence-corrected chi connectivity index (χ3v) is 6.19. The molecule has 2 aliphatic heterocycles. The Bertz CT molecular complexity index is 930. The molecule has 9 nitrogen and oxygen atoms in total. The molecule has 2 amide bonds. The number of pyridine rings is 1. The first-order valence-corrected chi connectivity index (χ1v) is 11.8. The summed E-state index contributed by atoms with van der Waals surface area (Å²) >= 11 is 0. The molecule has 1 aromatic heterocycles. The van der Waals surface area contributed by atoms with Gasteiger partial charge in [0, 0.05) is 50.4 Å². The average molecular weight is 458 g/mol. The van der Waals surface area contributed by atoms with Crippen LogP contribution >= 0.6 is 0 Å². The van der Waals surface area contributed by atoms with Crippen LogP contribution in [0.1, 0.15) is 62.9 Å². The molecule has 0 saturated carbocycles. The summed E-state index contributed by atoms with van der Waals surface area (Å²) in [6.07, 6.45) is 2.84. The topological polar surface area (TPSA) is 119 Å². The summed E-state index contributed by atoms with van der Waals surface area (Å²) < 4.78 is 6.03. The molecule has 0 aliphatic carbocycles. The van der Waals surface area contributed by atoms with Gasteiger partial charge in [-0.25, -0.2) is 4.98 Å². The molecule has 3 heterocycles. The number of hydrogen-bond acceptors (Lipinski definition) is 7.